The molecule has 0 bridgehead atoms. The predicted molar refractivity (Wildman–Crippen MR) is 186 cm³/mol. The van der Waals surface area contributed by atoms with Crippen molar-refractivity contribution in [1.29, 1.82) is 0 Å². The minimum Gasteiger partial charge on any atom is -0.494 e. The van der Waals surface area contributed by atoms with Gasteiger partial charge in [-0.2, -0.15) is 0 Å². The molecule has 7 rings (SSSR count). The lowest BCUT2D eigenvalue weighted by Crippen LogP contribution is -2.62. The summed E-state index contributed by atoms with van der Waals surface area (Å²) in [5.41, 5.74) is 1.17. The van der Waals surface area contributed by atoms with Gasteiger partial charge in [-0.05, 0) is 97.9 Å². The van der Waals surface area contributed by atoms with Crippen molar-refractivity contribution in [3.8, 4) is 0 Å². The lowest BCUT2D eigenvalue weighted by molar-refractivity contribution is -0.320. The molecule has 6 fully saturated rings. The van der Waals surface area contributed by atoms with Crippen molar-refractivity contribution in [2.24, 2.45) is 46.3 Å². The third kappa shape index (κ3) is 6.83. The summed E-state index contributed by atoms with van der Waals surface area (Å²) >= 11 is 0. The highest BCUT2D eigenvalue weighted by Gasteiger charge is 2.66. The predicted octanol–water partition coefficient (Wildman–Crippen LogP) is 0.317. The van der Waals surface area contributed by atoms with E-state index in [2.05, 4.69) is 27.7 Å². The van der Waals surface area contributed by atoms with Crippen molar-refractivity contribution in [3.05, 3.63) is 11.3 Å². The molecule has 0 radical (unpaired) electrons. The zero-order valence-corrected chi connectivity index (χ0v) is 31.5. The van der Waals surface area contributed by atoms with E-state index in [0.717, 1.165) is 50.7 Å². The van der Waals surface area contributed by atoms with Gasteiger partial charge in [0, 0.05) is 18.8 Å². The van der Waals surface area contributed by atoms with Crippen LogP contribution in [-0.4, -0.2) is 146 Å². The van der Waals surface area contributed by atoms with Crippen molar-refractivity contribution < 1.29 is 69.6 Å². The van der Waals surface area contributed by atoms with E-state index in [1.54, 1.807) is 0 Å². The molecule has 2 saturated heterocycles. The number of aliphatic hydroxyl groups is 9. The van der Waals surface area contributed by atoms with E-state index in [-0.39, 0.29) is 41.5 Å². The largest absolute Gasteiger partial charge is 0.494 e. The Kier molecular flexibility index (Phi) is 11.7. The van der Waals surface area contributed by atoms with Gasteiger partial charge in [0.25, 0.3) is 0 Å². The third-order valence-corrected chi connectivity index (χ3v) is 15.4. The van der Waals surface area contributed by atoms with Gasteiger partial charge in [-0.1, -0.05) is 20.8 Å². The highest BCUT2D eigenvalue weighted by molar-refractivity contribution is 5.27. The standard InChI is InChI=1S/C39H64O14/c1-17(16-49-36-34(47)32(45)30(43)26(14-40)52-36)5-8-24-18(2)29-25(51-24)13-23-21-7-6-19-11-20(50-37-35(48)33(46)31(44)27(15-41)53-37)12-28(42)39(19,4)22(21)9-10-38(23,29)3/h17,19-23,25-37,40-48H,5-16H2,1-4H3. The fourth-order valence-electron chi connectivity index (χ4n) is 12.3. The second-order valence-corrected chi connectivity index (χ2v) is 18.2. The molecule has 304 valence electrons. The summed E-state index contributed by atoms with van der Waals surface area (Å²) in [6.45, 7) is 8.27. The molecule has 0 spiro atoms. The Morgan fingerprint density at radius 1 is 0.774 bits per heavy atom. The summed E-state index contributed by atoms with van der Waals surface area (Å²) in [7, 11) is 0. The number of allylic oxidation sites excluding steroid dienone is 1. The minimum absolute atomic E-state index is 0.102. The second-order valence-electron chi connectivity index (χ2n) is 18.2. The number of fused-ring (bicyclic) bond motifs is 7. The lowest BCUT2D eigenvalue weighted by atomic mass is 9.44. The van der Waals surface area contributed by atoms with Gasteiger partial charge >= 0.3 is 0 Å². The highest BCUT2D eigenvalue weighted by atomic mass is 16.7. The summed E-state index contributed by atoms with van der Waals surface area (Å²) in [5, 5.41) is 92.4. The van der Waals surface area contributed by atoms with Gasteiger partial charge in [0.05, 0.1) is 37.8 Å². The maximum atomic E-state index is 11.9. The molecule has 0 aromatic carbocycles. The van der Waals surface area contributed by atoms with Crippen molar-refractivity contribution in [1.82, 2.24) is 0 Å². The molecule has 4 aliphatic carbocycles. The second kappa shape index (κ2) is 15.4. The number of hydrogen-bond acceptors (Lipinski definition) is 14. The van der Waals surface area contributed by atoms with Crippen molar-refractivity contribution in [2.75, 3.05) is 19.8 Å². The van der Waals surface area contributed by atoms with E-state index < -0.39 is 80.7 Å². The van der Waals surface area contributed by atoms with Crippen molar-refractivity contribution >= 4 is 0 Å². The molecule has 53 heavy (non-hydrogen) atoms. The van der Waals surface area contributed by atoms with Crippen LogP contribution >= 0.6 is 0 Å². The molecule has 3 aliphatic heterocycles. The molecular weight excluding hydrogens is 692 g/mol. The van der Waals surface area contributed by atoms with Crippen LogP contribution in [0.5, 0.6) is 0 Å². The van der Waals surface area contributed by atoms with E-state index >= 15 is 0 Å². The summed E-state index contributed by atoms with van der Waals surface area (Å²) in [4.78, 5) is 0. The molecule has 21 unspecified atom stereocenters. The number of rotatable bonds is 10. The SMILES string of the molecule is CC1=C(CCC(C)COC2OC(CO)C(O)C(O)C2O)OC2CC3C4CCC5CC(OC6OC(CO)C(O)C(O)C6O)CC(O)C5(C)C4CCC3(C)C12. The van der Waals surface area contributed by atoms with Crippen LogP contribution < -0.4 is 0 Å². The van der Waals surface area contributed by atoms with E-state index in [0.29, 0.717) is 36.5 Å². The van der Waals surface area contributed by atoms with Crippen LogP contribution in [-0.2, 0) is 23.7 Å². The van der Waals surface area contributed by atoms with Crippen LogP contribution in [0.2, 0.25) is 0 Å². The summed E-state index contributed by atoms with van der Waals surface area (Å²) in [5.74, 6) is 3.08. The fraction of sp³-hybridized carbons (Fsp3) is 0.949. The molecule has 14 nitrogen and oxygen atoms in total. The zero-order chi connectivity index (χ0) is 38.1. The molecule has 0 aromatic rings. The van der Waals surface area contributed by atoms with Gasteiger partial charge in [-0.25, -0.2) is 0 Å². The summed E-state index contributed by atoms with van der Waals surface area (Å²) in [6.07, 6.45) is -6.14. The normalized spacial score (nSPS) is 53.0. The first-order valence-corrected chi connectivity index (χ1v) is 20.1. The third-order valence-electron chi connectivity index (χ3n) is 15.4. The summed E-state index contributed by atoms with van der Waals surface area (Å²) < 4.78 is 29.9. The maximum Gasteiger partial charge on any atom is 0.186 e. The van der Waals surface area contributed by atoms with Crippen LogP contribution in [0.4, 0.5) is 0 Å². The molecule has 4 saturated carbocycles. The van der Waals surface area contributed by atoms with Gasteiger partial charge in [0.15, 0.2) is 12.6 Å². The quantitative estimate of drug-likeness (QED) is 0.137. The van der Waals surface area contributed by atoms with Gasteiger partial charge in [-0.3, -0.25) is 0 Å². The highest BCUT2D eigenvalue weighted by Crippen LogP contribution is 2.70. The molecule has 9 N–H and O–H groups in total. The summed E-state index contributed by atoms with van der Waals surface area (Å²) in [6, 6.07) is 0. The Bertz CT molecular complexity index is 1310. The molecule has 7 aliphatic rings. The average Bonchev–Trinajstić information content (AvgIpc) is 3.62. The molecule has 14 heteroatoms. The Balaban J connectivity index is 0.951. The average molecular weight is 757 g/mol. The first kappa shape index (κ1) is 40.2. The van der Waals surface area contributed by atoms with Crippen LogP contribution in [0.3, 0.4) is 0 Å². The van der Waals surface area contributed by atoms with Crippen LogP contribution in [0.1, 0.15) is 85.5 Å². The van der Waals surface area contributed by atoms with Crippen LogP contribution in [0, 0.1) is 46.3 Å². The first-order chi connectivity index (χ1) is 25.1. The van der Waals surface area contributed by atoms with Gasteiger partial charge in [0.1, 0.15) is 54.9 Å². The molecule has 3 heterocycles. The molecule has 0 aromatic heterocycles. The maximum absolute atomic E-state index is 11.9. The van der Waals surface area contributed by atoms with Gasteiger partial charge < -0.3 is 69.6 Å². The molecule has 0 amide bonds. The minimum atomic E-state index is -1.50. The first-order valence-electron chi connectivity index (χ1n) is 20.1. The Morgan fingerprint density at radius 3 is 2.08 bits per heavy atom. The van der Waals surface area contributed by atoms with Gasteiger partial charge in [-0.15, -0.1) is 0 Å². The zero-order valence-electron chi connectivity index (χ0n) is 31.5. The molecule has 21 atom stereocenters. The monoisotopic (exact) mass is 756 g/mol. The lowest BCUT2D eigenvalue weighted by Gasteiger charge is -2.62. The fourth-order valence-corrected chi connectivity index (χ4v) is 12.3. The topological polar surface area (TPSA) is 228 Å². The van der Waals surface area contributed by atoms with Crippen molar-refractivity contribution in [3.63, 3.8) is 0 Å². The van der Waals surface area contributed by atoms with E-state index in [1.165, 1.54) is 5.57 Å². The van der Waals surface area contributed by atoms with Crippen LogP contribution in [0.25, 0.3) is 0 Å². The number of ether oxygens (including phenoxy) is 5. The van der Waals surface area contributed by atoms with E-state index in [4.69, 9.17) is 23.7 Å². The van der Waals surface area contributed by atoms with E-state index in [1.807, 2.05) is 0 Å². The Labute approximate surface area is 312 Å². The Morgan fingerprint density at radius 2 is 1.42 bits per heavy atom. The smallest absolute Gasteiger partial charge is 0.186 e. The van der Waals surface area contributed by atoms with Crippen molar-refractivity contribution in [2.45, 2.75) is 165 Å². The Hall–Kier alpha value is -0.980. The van der Waals surface area contributed by atoms with Crippen LogP contribution in [0.15, 0.2) is 11.3 Å². The van der Waals surface area contributed by atoms with Gasteiger partial charge in [0.2, 0.25) is 0 Å². The number of aliphatic hydroxyl groups excluding tert-OH is 9. The van der Waals surface area contributed by atoms with E-state index in [9.17, 15) is 46.0 Å². The number of hydrogen-bond donors (Lipinski definition) is 9. The molecular formula is C39H64O14.